The first-order valence-electron chi connectivity index (χ1n) is 8.53. The van der Waals surface area contributed by atoms with E-state index in [1.165, 1.54) is 0 Å². The monoisotopic (exact) mass is 370 g/mol. The van der Waals surface area contributed by atoms with Crippen LogP contribution >= 0.6 is 11.8 Å². The zero-order chi connectivity index (χ0) is 18.2. The maximum absolute atomic E-state index is 12.4. The number of aromatic nitrogens is 3. The third kappa shape index (κ3) is 4.76. The van der Waals surface area contributed by atoms with Gasteiger partial charge in [0.15, 0.2) is 11.5 Å². The minimum Gasteiger partial charge on any atom is -0.493 e. The average molecular weight is 370 g/mol. The molecular weight excluding hydrogens is 348 g/mol. The predicted octanol–water partition coefficient (Wildman–Crippen LogP) is 3.11. The smallest absolute Gasteiger partial charge is 0.224 e. The normalized spacial score (nSPS) is 12.0. The summed E-state index contributed by atoms with van der Waals surface area (Å²) in [5, 5.41) is 11.6. The number of hydrogen-bond donors (Lipinski definition) is 1. The van der Waals surface area contributed by atoms with Gasteiger partial charge in [-0.25, -0.2) is 0 Å². The lowest BCUT2D eigenvalue weighted by atomic mass is 10.2. The molecule has 0 spiro atoms. The van der Waals surface area contributed by atoms with E-state index < -0.39 is 0 Å². The van der Waals surface area contributed by atoms with E-state index in [1.54, 1.807) is 11.8 Å². The highest BCUT2D eigenvalue weighted by molar-refractivity contribution is 7.98. The lowest BCUT2D eigenvalue weighted by molar-refractivity contribution is -0.122. The van der Waals surface area contributed by atoms with E-state index in [1.807, 2.05) is 59.1 Å². The number of pyridine rings is 1. The van der Waals surface area contributed by atoms with Crippen LogP contribution in [0.25, 0.3) is 5.65 Å². The number of carbonyl (C=O) groups excluding carboxylic acids is 1. The number of para-hydroxylation sites is 1. The zero-order valence-corrected chi connectivity index (χ0v) is 15.5. The minimum atomic E-state index is -0.177. The Morgan fingerprint density at radius 1 is 1.19 bits per heavy atom. The number of thioether (sulfide) groups is 1. The summed E-state index contributed by atoms with van der Waals surface area (Å²) >= 11 is 1.74. The molecule has 0 bridgehead atoms. The van der Waals surface area contributed by atoms with Gasteiger partial charge in [-0.1, -0.05) is 24.3 Å². The third-order valence-corrected chi connectivity index (χ3v) is 4.58. The van der Waals surface area contributed by atoms with Crippen LogP contribution in [0.2, 0.25) is 0 Å². The Hall–Kier alpha value is -2.54. The van der Waals surface area contributed by atoms with Crippen LogP contribution in [0.15, 0.2) is 54.7 Å². The topological polar surface area (TPSA) is 68.5 Å². The summed E-state index contributed by atoms with van der Waals surface area (Å²) in [5.41, 5.74) is 0.776. The highest BCUT2D eigenvalue weighted by Crippen LogP contribution is 2.18. The zero-order valence-electron chi connectivity index (χ0n) is 14.7. The molecule has 1 N–H and O–H groups in total. The molecule has 0 saturated carbocycles. The summed E-state index contributed by atoms with van der Waals surface area (Å²) in [6, 6.07) is 15.1. The molecule has 1 amide bonds. The number of benzene rings is 1. The van der Waals surface area contributed by atoms with Gasteiger partial charge >= 0.3 is 0 Å². The van der Waals surface area contributed by atoms with Crippen molar-refractivity contribution in [3.63, 3.8) is 0 Å². The van der Waals surface area contributed by atoms with Crippen LogP contribution in [-0.2, 0) is 4.79 Å². The van der Waals surface area contributed by atoms with Crippen molar-refractivity contribution in [2.45, 2.75) is 18.9 Å². The SMILES string of the molecule is CSCCC(NC(=O)CCOc1ccccc1)c1nnc2ccccn12. The van der Waals surface area contributed by atoms with Gasteiger partial charge in [0.2, 0.25) is 5.91 Å². The Bertz CT molecular complexity index is 838. The molecule has 1 atom stereocenters. The van der Waals surface area contributed by atoms with Crippen molar-refractivity contribution in [3.8, 4) is 5.75 Å². The van der Waals surface area contributed by atoms with Gasteiger partial charge in [0, 0.05) is 6.20 Å². The molecule has 3 rings (SSSR count). The van der Waals surface area contributed by atoms with Gasteiger partial charge in [0.05, 0.1) is 19.1 Å². The van der Waals surface area contributed by atoms with Crippen molar-refractivity contribution in [2.24, 2.45) is 0 Å². The summed E-state index contributed by atoms with van der Waals surface area (Å²) in [4.78, 5) is 12.4. The summed E-state index contributed by atoms with van der Waals surface area (Å²) < 4.78 is 7.52. The van der Waals surface area contributed by atoms with Crippen molar-refractivity contribution in [3.05, 3.63) is 60.6 Å². The number of hydrogen-bond acceptors (Lipinski definition) is 5. The molecule has 3 aromatic rings. The Morgan fingerprint density at radius 2 is 2.00 bits per heavy atom. The molecule has 0 saturated heterocycles. The van der Waals surface area contributed by atoms with E-state index in [-0.39, 0.29) is 11.9 Å². The van der Waals surface area contributed by atoms with E-state index in [2.05, 4.69) is 21.8 Å². The lowest BCUT2D eigenvalue weighted by Crippen LogP contribution is -2.31. The Balaban J connectivity index is 1.61. The second kappa shape index (κ2) is 9.24. The van der Waals surface area contributed by atoms with Gasteiger partial charge < -0.3 is 10.1 Å². The molecule has 0 aliphatic carbocycles. The molecule has 136 valence electrons. The van der Waals surface area contributed by atoms with Crippen LogP contribution in [-0.4, -0.2) is 39.1 Å². The van der Waals surface area contributed by atoms with Crippen molar-refractivity contribution in [1.82, 2.24) is 19.9 Å². The molecule has 0 fully saturated rings. The van der Waals surface area contributed by atoms with Gasteiger partial charge in [0.25, 0.3) is 0 Å². The largest absolute Gasteiger partial charge is 0.493 e. The molecule has 7 heteroatoms. The van der Waals surface area contributed by atoms with E-state index in [0.717, 1.165) is 29.4 Å². The fraction of sp³-hybridized carbons (Fsp3) is 0.316. The lowest BCUT2D eigenvalue weighted by Gasteiger charge is -2.17. The number of nitrogens with zero attached hydrogens (tertiary/aromatic N) is 3. The van der Waals surface area contributed by atoms with Gasteiger partial charge in [-0.05, 0) is 42.7 Å². The summed E-state index contributed by atoms with van der Waals surface area (Å²) in [6.45, 7) is 0.339. The van der Waals surface area contributed by atoms with Crippen LogP contribution in [0.5, 0.6) is 5.75 Å². The standard InChI is InChI=1S/C19H22N4O2S/c1-26-14-11-16(19-22-21-17-9-5-6-12-23(17)19)20-18(24)10-13-25-15-7-3-2-4-8-15/h2-9,12,16H,10-11,13-14H2,1H3,(H,20,24). The van der Waals surface area contributed by atoms with E-state index in [4.69, 9.17) is 4.74 Å². The van der Waals surface area contributed by atoms with Crippen LogP contribution in [0.1, 0.15) is 24.7 Å². The maximum atomic E-state index is 12.4. The molecule has 6 nitrogen and oxygen atoms in total. The Morgan fingerprint density at radius 3 is 2.81 bits per heavy atom. The molecule has 1 aromatic carbocycles. The van der Waals surface area contributed by atoms with Crippen LogP contribution in [0.3, 0.4) is 0 Å². The van der Waals surface area contributed by atoms with Gasteiger partial charge in [0.1, 0.15) is 5.75 Å². The third-order valence-electron chi connectivity index (χ3n) is 3.94. The average Bonchev–Trinajstić information content (AvgIpc) is 3.10. The number of carbonyl (C=O) groups is 1. The fourth-order valence-corrected chi connectivity index (χ4v) is 3.12. The van der Waals surface area contributed by atoms with Crippen LogP contribution < -0.4 is 10.1 Å². The first-order chi connectivity index (χ1) is 12.8. The molecule has 0 radical (unpaired) electrons. The van der Waals surface area contributed by atoms with Crippen LogP contribution in [0.4, 0.5) is 0 Å². The van der Waals surface area contributed by atoms with E-state index in [9.17, 15) is 4.79 Å². The van der Waals surface area contributed by atoms with Gasteiger partial charge in [-0.2, -0.15) is 11.8 Å². The second-order valence-electron chi connectivity index (χ2n) is 5.80. The highest BCUT2D eigenvalue weighted by Gasteiger charge is 2.20. The number of fused-ring (bicyclic) bond motifs is 1. The summed E-state index contributed by atoms with van der Waals surface area (Å²) in [6.07, 6.45) is 5.06. The fourth-order valence-electron chi connectivity index (χ4n) is 2.64. The quantitative estimate of drug-likeness (QED) is 0.627. The predicted molar refractivity (Wildman–Crippen MR) is 103 cm³/mol. The Labute approximate surface area is 157 Å². The maximum Gasteiger partial charge on any atom is 0.224 e. The number of nitrogens with one attached hydrogen (secondary N) is 1. The van der Waals surface area contributed by atoms with Crippen molar-refractivity contribution in [2.75, 3.05) is 18.6 Å². The van der Waals surface area contributed by atoms with Crippen molar-refractivity contribution in [1.29, 1.82) is 0 Å². The van der Waals surface area contributed by atoms with E-state index in [0.29, 0.717) is 13.0 Å². The van der Waals surface area contributed by atoms with E-state index >= 15 is 0 Å². The Kier molecular flexibility index (Phi) is 6.49. The van der Waals surface area contributed by atoms with Crippen LogP contribution in [0, 0.1) is 0 Å². The first kappa shape index (κ1) is 18.3. The first-order valence-corrected chi connectivity index (χ1v) is 9.93. The molecule has 26 heavy (non-hydrogen) atoms. The molecule has 2 heterocycles. The summed E-state index contributed by atoms with van der Waals surface area (Å²) in [5.74, 6) is 2.39. The molecule has 1 unspecified atom stereocenters. The second-order valence-corrected chi connectivity index (χ2v) is 6.79. The van der Waals surface area contributed by atoms with Gasteiger partial charge in [-0.3, -0.25) is 9.20 Å². The number of amides is 1. The van der Waals surface area contributed by atoms with Gasteiger partial charge in [-0.15, -0.1) is 10.2 Å². The van der Waals surface area contributed by atoms with Crippen molar-refractivity contribution < 1.29 is 9.53 Å². The molecule has 2 aromatic heterocycles. The molecule has 0 aliphatic heterocycles. The molecule has 0 aliphatic rings. The number of ether oxygens (including phenoxy) is 1. The summed E-state index contributed by atoms with van der Waals surface area (Å²) in [7, 11) is 0. The minimum absolute atomic E-state index is 0.0558. The van der Waals surface area contributed by atoms with Crippen molar-refractivity contribution >= 4 is 23.3 Å². The molecular formula is C19H22N4O2S. The number of rotatable bonds is 9. The highest BCUT2D eigenvalue weighted by atomic mass is 32.2.